The van der Waals surface area contributed by atoms with E-state index in [9.17, 15) is 4.79 Å². The number of rotatable bonds is 7. The maximum absolute atomic E-state index is 12.6. The molecule has 28 heavy (non-hydrogen) atoms. The molecule has 0 bridgehead atoms. The van der Waals surface area contributed by atoms with Gasteiger partial charge in [0.1, 0.15) is 11.5 Å². The van der Waals surface area contributed by atoms with E-state index < -0.39 is 0 Å². The summed E-state index contributed by atoms with van der Waals surface area (Å²) in [4.78, 5) is 13.7. The number of benzene rings is 2. The Morgan fingerprint density at radius 3 is 2.57 bits per heavy atom. The van der Waals surface area contributed by atoms with Crippen molar-refractivity contribution < 1.29 is 9.47 Å². The lowest BCUT2D eigenvalue weighted by Crippen LogP contribution is -2.17. The van der Waals surface area contributed by atoms with E-state index in [1.165, 1.54) is 12.8 Å². The molecular formula is C23H23NO3S. The van der Waals surface area contributed by atoms with Crippen LogP contribution in [0.4, 0.5) is 0 Å². The molecule has 0 atom stereocenters. The third kappa shape index (κ3) is 4.25. The summed E-state index contributed by atoms with van der Waals surface area (Å²) < 4.78 is 13.5. The lowest BCUT2D eigenvalue weighted by molar-refractivity contribution is 0.301. The normalized spacial score (nSPS) is 13.4. The number of aromatic nitrogens is 1. The summed E-state index contributed by atoms with van der Waals surface area (Å²) in [5.41, 5.74) is 1.70. The number of thioether (sulfide) groups is 1. The zero-order valence-corrected chi connectivity index (χ0v) is 16.9. The first-order valence-corrected chi connectivity index (χ1v) is 10.6. The number of hydrogen-bond acceptors (Lipinski definition) is 4. The van der Waals surface area contributed by atoms with Gasteiger partial charge in [-0.05, 0) is 61.4 Å². The number of para-hydroxylation sites is 1. The molecule has 0 unspecified atom stereocenters. The van der Waals surface area contributed by atoms with Crippen LogP contribution in [-0.2, 0) is 7.05 Å². The third-order valence-corrected chi connectivity index (χ3v) is 5.52. The number of ether oxygens (including phenoxy) is 2. The highest BCUT2D eigenvalue weighted by Gasteiger charge is 2.23. The van der Waals surface area contributed by atoms with Crippen molar-refractivity contribution in [1.29, 1.82) is 0 Å². The van der Waals surface area contributed by atoms with Gasteiger partial charge in [-0.15, -0.1) is 11.8 Å². The van der Waals surface area contributed by atoms with E-state index in [-0.39, 0.29) is 5.56 Å². The standard InChI is InChI=1S/C23H23NO3S/c1-24-14-17(12-22(23(24)25)27-18-6-4-3-5-7-18)20-13-19(28-2)10-11-21(20)26-15-16-8-9-16/h3-7,10-14,16H,8-9,15H2,1-2H3. The van der Waals surface area contributed by atoms with Gasteiger partial charge in [0, 0.05) is 29.3 Å². The predicted octanol–water partition coefficient (Wildman–Crippen LogP) is 5.36. The summed E-state index contributed by atoms with van der Waals surface area (Å²) in [7, 11) is 1.74. The molecule has 4 nitrogen and oxygen atoms in total. The topological polar surface area (TPSA) is 40.5 Å². The Bertz CT molecular complexity index is 1030. The molecule has 1 aliphatic rings. The first kappa shape index (κ1) is 18.7. The van der Waals surface area contributed by atoms with Crippen molar-refractivity contribution >= 4 is 11.8 Å². The smallest absolute Gasteiger partial charge is 0.293 e. The SMILES string of the molecule is CSc1ccc(OCC2CC2)c(-c2cc(Oc3ccccc3)c(=O)n(C)c2)c1. The third-order valence-electron chi connectivity index (χ3n) is 4.79. The van der Waals surface area contributed by atoms with Crippen LogP contribution in [0.5, 0.6) is 17.2 Å². The van der Waals surface area contributed by atoms with E-state index in [1.54, 1.807) is 29.4 Å². The van der Waals surface area contributed by atoms with Crippen LogP contribution < -0.4 is 15.0 Å². The molecule has 4 rings (SSSR count). The molecule has 0 amide bonds. The predicted molar refractivity (Wildman–Crippen MR) is 114 cm³/mol. The highest BCUT2D eigenvalue weighted by atomic mass is 32.2. The first-order valence-electron chi connectivity index (χ1n) is 9.39. The van der Waals surface area contributed by atoms with Gasteiger partial charge in [-0.25, -0.2) is 0 Å². The molecular weight excluding hydrogens is 370 g/mol. The monoisotopic (exact) mass is 393 g/mol. The van der Waals surface area contributed by atoms with Gasteiger partial charge in [0.2, 0.25) is 0 Å². The number of hydrogen-bond donors (Lipinski definition) is 0. The summed E-state index contributed by atoms with van der Waals surface area (Å²) in [6, 6.07) is 17.4. The average molecular weight is 394 g/mol. The van der Waals surface area contributed by atoms with Crippen LogP contribution in [0, 0.1) is 5.92 Å². The maximum atomic E-state index is 12.6. The zero-order valence-electron chi connectivity index (χ0n) is 16.1. The molecule has 0 aliphatic heterocycles. The average Bonchev–Trinajstić information content (AvgIpc) is 3.55. The van der Waals surface area contributed by atoms with Crippen LogP contribution >= 0.6 is 11.8 Å². The van der Waals surface area contributed by atoms with Crippen molar-refractivity contribution in [3.05, 3.63) is 71.1 Å². The molecule has 0 N–H and O–H groups in total. The second kappa shape index (κ2) is 8.15. The summed E-state index contributed by atoms with van der Waals surface area (Å²) >= 11 is 1.68. The molecule has 1 saturated carbocycles. The van der Waals surface area contributed by atoms with E-state index in [2.05, 4.69) is 18.4 Å². The largest absolute Gasteiger partial charge is 0.493 e. The molecule has 2 aromatic carbocycles. The Balaban J connectivity index is 1.74. The fourth-order valence-electron chi connectivity index (χ4n) is 3.00. The molecule has 0 radical (unpaired) electrons. The first-order chi connectivity index (χ1) is 13.6. The van der Waals surface area contributed by atoms with E-state index in [1.807, 2.05) is 42.6 Å². The summed E-state index contributed by atoms with van der Waals surface area (Å²) in [5.74, 6) is 2.45. The Morgan fingerprint density at radius 1 is 1.07 bits per heavy atom. The highest BCUT2D eigenvalue weighted by Crippen LogP contribution is 2.37. The molecule has 3 aromatic rings. The van der Waals surface area contributed by atoms with Gasteiger partial charge in [-0.3, -0.25) is 4.79 Å². The molecule has 1 heterocycles. The summed E-state index contributed by atoms with van der Waals surface area (Å²) in [6.07, 6.45) is 6.37. The van der Waals surface area contributed by atoms with Gasteiger partial charge in [0.05, 0.1) is 6.61 Å². The van der Waals surface area contributed by atoms with Crippen molar-refractivity contribution in [2.45, 2.75) is 17.7 Å². The van der Waals surface area contributed by atoms with Crippen molar-refractivity contribution in [2.75, 3.05) is 12.9 Å². The van der Waals surface area contributed by atoms with E-state index in [4.69, 9.17) is 9.47 Å². The number of pyridine rings is 1. The van der Waals surface area contributed by atoms with Crippen molar-refractivity contribution in [3.63, 3.8) is 0 Å². The molecule has 144 valence electrons. The minimum absolute atomic E-state index is 0.172. The summed E-state index contributed by atoms with van der Waals surface area (Å²) in [5, 5.41) is 0. The van der Waals surface area contributed by atoms with Crippen LogP contribution in [0.15, 0.2) is 70.5 Å². The molecule has 1 fully saturated rings. The fraction of sp³-hybridized carbons (Fsp3) is 0.261. The molecule has 1 aromatic heterocycles. The zero-order chi connectivity index (χ0) is 19.5. The van der Waals surface area contributed by atoms with Gasteiger partial charge in [-0.1, -0.05) is 18.2 Å². The maximum Gasteiger partial charge on any atom is 0.293 e. The van der Waals surface area contributed by atoms with Crippen LogP contribution in [-0.4, -0.2) is 17.4 Å². The van der Waals surface area contributed by atoms with Crippen LogP contribution in [0.3, 0.4) is 0 Å². The Kier molecular flexibility index (Phi) is 5.44. The molecule has 0 spiro atoms. The van der Waals surface area contributed by atoms with Gasteiger partial charge < -0.3 is 14.0 Å². The molecule has 1 aliphatic carbocycles. The van der Waals surface area contributed by atoms with Crippen molar-refractivity contribution in [3.8, 4) is 28.4 Å². The second-order valence-electron chi connectivity index (χ2n) is 7.04. The highest BCUT2D eigenvalue weighted by molar-refractivity contribution is 7.98. The minimum atomic E-state index is -0.172. The van der Waals surface area contributed by atoms with Crippen molar-refractivity contribution in [1.82, 2.24) is 4.57 Å². The van der Waals surface area contributed by atoms with Crippen LogP contribution in [0.2, 0.25) is 0 Å². The van der Waals surface area contributed by atoms with Crippen molar-refractivity contribution in [2.24, 2.45) is 13.0 Å². The fourth-order valence-corrected chi connectivity index (χ4v) is 3.44. The van der Waals surface area contributed by atoms with Gasteiger partial charge in [0.15, 0.2) is 5.75 Å². The second-order valence-corrected chi connectivity index (χ2v) is 7.92. The minimum Gasteiger partial charge on any atom is -0.493 e. The summed E-state index contributed by atoms with van der Waals surface area (Å²) in [6.45, 7) is 0.741. The molecule has 5 heteroatoms. The Morgan fingerprint density at radius 2 is 1.86 bits per heavy atom. The van der Waals surface area contributed by atoms with E-state index in [0.717, 1.165) is 28.4 Å². The number of aryl methyl sites for hydroxylation is 1. The quantitative estimate of drug-likeness (QED) is 0.507. The van der Waals surface area contributed by atoms with Crippen LogP contribution in [0.1, 0.15) is 12.8 Å². The lowest BCUT2D eigenvalue weighted by Gasteiger charge is -2.15. The van der Waals surface area contributed by atoms with Gasteiger partial charge >= 0.3 is 0 Å². The van der Waals surface area contributed by atoms with Gasteiger partial charge in [0.25, 0.3) is 5.56 Å². The Labute approximate surface area is 169 Å². The lowest BCUT2D eigenvalue weighted by atomic mass is 10.1. The van der Waals surface area contributed by atoms with Crippen LogP contribution in [0.25, 0.3) is 11.1 Å². The number of nitrogens with zero attached hydrogens (tertiary/aromatic N) is 1. The van der Waals surface area contributed by atoms with Gasteiger partial charge in [-0.2, -0.15) is 0 Å². The Hall–Kier alpha value is -2.66. The van der Waals surface area contributed by atoms with E-state index >= 15 is 0 Å². The molecule has 0 saturated heterocycles. The van der Waals surface area contributed by atoms with E-state index in [0.29, 0.717) is 17.4 Å².